The van der Waals surface area contributed by atoms with E-state index in [4.69, 9.17) is 4.74 Å². The summed E-state index contributed by atoms with van der Waals surface area (Å²) in [5.74, 6) is 0.362. The van der Waals surface area contributed by atoms with E-state index in [-0.39, 0.29) is 18.9 Å². The van der Waals surface area contributed by atoms with Gasteiger partial charge in [0.05, 0.1) is 12.1 Å². The normalized spacial score (nSPS) is 10.7. The molecule has 7 nitrogen and oxygen atoms in total. The molecule has 0 saturated heterocycles. The Morgan fingerprint density at radius 1 is 1.15 bits per heavy atom. The highest BCUT2D eigenvalue weighted by atomic mass is 16.5. The number of nitrogens with zero attached hydrogens (tertiary/aromatic N) is 2. The van der Waals surface area contributed by atoms with Crippen molar-refractivity contribution in [3.63, 3.8) is 0 Å². The predicted molar refractivity (Wildman–Crippen MR) is 103 cm³/mol. The largest absolute Gasteiger partial charge is 0.484 e. The first-order valence-electron chi connectivity index (χ1n) is 9.06. The summed E-state index contributed by atoms with van der Waals surface area (Å²) < 4.78 is 7.33. The van der Waals surface area contributed by atoms with Crippen molar-refractivity contribution in [1.82, 2.24) is 20.6 Å². The van der Waals surface area contributed by atoms with Crippen molar-refractivity contribution in [2.24, 2.45) is 5.92 Å². The van der Waals surface area contributed by atoms with Gasteiger partial charge < -0.3 is 4.74 Å². The van der Waals surface area contributed by atoms with Crippen LogP contribution in [-0.2, 0) is 22.6 Å². The van der Waals surface area contributed by atoms with Gasteiger partial charge in [-0.2, -0.15) is 5.10 Å². The van der Waals surface area contributed by atoms with Crippen LogP contribution in [0.3, 0.4) is 0 Å². The molecule has 27 heavy (non-hydrogen) atoms. The maximum Gasteiger partial charge on any atom is 0.276 e. The molecular weight excluding hydrogens is 344 g/mol. The van der Waals surface area contributed by atoms with E-state index >= 15 is 0 Å². The molecule has 0 aliphatic carbocycles. The van der Waals surface area contributed by atoms with E-state index in [0.29, 0.717) is 11.7 Å². The smallest absolute Gasteiger partial charge is 0.276 e. The molecule has 2 aromatic rings. The Morgan fingerprint density at radius 3 is 2.52 bits per heavy atom. The number of aromatic nitrogens is 2. The second-order valence-corrected chi connectivity index (χ2v) is 7.10. The first kappa shape index (κ1) is 20.5. The number of rotatable bonds is 7. The summed E-state index contributed by atoms with van der Waals surface area (Å²) >= 11 is 0. The molecule has 1 aromatic heterocycles. The average molecular weight is 372 g/mol. The van der Waals surface area contributed by atoms with Gasteiger partial charge in [0.15, 0.2) is 6.61 Å². The van der Waals surface area contributed by atoms with E-state index < -0.39 is 5.91 Å². The summed E-state index contributed by atoms with van der Waals surface area (Å²) in [4.78, 5) is 24.0. The Labute approximate surface area is 160 Å². The zero-order valence-corrected chi connectivity index (χ0v) is 16.6. The van der Waals surface area contributed by atoms with Crippen LogP contribution in [0.4, 0.5) is 0 Å². The molecular formula is C20H28N4O3. The van der Waals surface area contributed by atoms with Crippen LogP contribution in [0.15, 0.2) is 24.3 Å². The van der Waals surface area contributed by atoms with Gasteiger partial charge in [0.25, 0.3) is 5.91 Å². The number of nitrogens with one attached hydrogen (secondary N) is 2. The first-order chi connectivity index (χ1) is 12.8. The van der Waals surface area contributed by atoms with Crippen molar-refractivity contribution in [2.45, 2.75) is 47.6 Å². The number of hydrazine groups is 1. The van der Waals surface area contributed by atoms with Gasteiger partial charge in [0.2, 0.25) is 5.91 Å². The number of ether oxygens (including phenoxy) is 1. The molecule has 0 unspecified atom stereocenters. The summed E-state index contributed by atoms with van der Waals surface area (Å²) in [5.41, 5.74) is 8.54. The van der Waals surface area contributed by atoms with E-state index in [1.165, 1.54) is 0 Å². The minimum absolute atomic E-state index is 0.161. The van der Waals surface area contributed by atoms with Crippen LogP contribution in [0.25, 0.3) is 0 Å². The second-order valence-electron chi connectivity index (χ2n) is 7.10. The average Bonchev–Trinajstić information content (AvgIpc) is 2.85. The van der Waals surface area contributed by atoms with Crippen LogP contribution >= 0.6 is 0 Å². The lowest BCUT2D eigenvalue weighted by molar-refractivity contribution is -0.129. The summed E-state index contributed by atoms with van der Waals surface area (Å²) in [6.07, 6.45) is 0.161. The fraction of sp³-hybridized carbons (Fsp3) is 0.450. The lowest BCUT2D eigenvalue weighted by atomic mass is 10.1. The van der Waals surface area contributed by atoms with Gasteiger partial charge in [-0.25, -0.2) is 0 Å². The molecule has 146 valence electrons. The standard InChI is InChI=1S/C20H28N4O3/c1-13(2)11-24-16(5)18(15(4)23-24)10-19(25)21-22-20(26)12-27-17-8-6-7-14(3)9-17/h6-9,13H,10-12H2,1-5H3,(H,21,25)(H,22,26). The SMILES string of the molecule is Cc1cccc(OCC(=O)NNC(=O)Cc2c(C)nn(CC(C)C)c2C)c1. The molecule has 0 saturated carbocycles. The van der Waals surface area contributed by atoms with Crippen LogP contribution in [-0.4, -0.2) is 28.2 Å². The molecule has 7 heteroatoms. The molecule has 2 rings (SSSR count). The van der Waals surface area contributed by atoms with Gasteiger partial charge in [-0.05, 0) is 44.4 Å². The molecule has 0 fully saturated rings. The number of amides is 2. The highest BCUT2D eigenvalue weighted by Gasteiger charge is 2.16. The Balaban J connectivity index is 1.82. The van der Waals surface area contributed by atoms with Crippen molar-refractivity contribution in [3.05, 3.63) is 46.8 Å². The quantitative estimate of drug-likeness (QED) is 0.730. The topological polar surface area (TPSA) is 85.2 Å². The summed E-state index contributed by atoms with van der Waals surface area (Å²) in [6.45, 7) is 10.7. The van der Waals surface area contributed by atoms with Crippen LogP contribution in [0, 0.1) is 26.7 Å². The summed E-state index contributed by atoms with van der Waals surface area (Å²) in [6, 6.07) is 7.42. The monoisotopic (exact) mass is 372 g/mol. The second kappa shape index (κ2) is 9.21. The van der Waals surface area contributed by atoms with Crippen LogP contribution in [0.5, 0.6) is 5.75 Å². The molecule has 0 aliphatic heterocycles. The third kappa shape index (κ3) is 6.13. The molecule has 0 radical (unpaired) electrons. The lowest BCUT2D eigenvalue weighted by Crippen LogP contribution is -2.44. The molecule has 1 aromatic carbocycles. The molecule has 0 bridgehead atoms. The Bertz CT molecular complexity index is 812. The van der Waals surface area contributed by atoms with Crippen molar-refractivity contribution < 1.29 is 14.3 Å². The fourth-order valence-electron chi connectivity index (χ4n) is 2.75. The van der Waals surface area contributed by atoms with Crippen molar-refractivity contribution >= 4 is 11.8 Å². The van der Waals surface area contributed by atoms with Crippen LogP contribution in [0.2, 0.25) is 0 Å². The molecule has 1 heterocycles. The number of hydrogen-bond donors (Lipinski definition) is 2. The highest BCUT2D eigenvalue weighted by Crippen LogP contribution is 2.15. The fourth-order valence-corrected chi connectivity index (χ4v) is 2.75. The predicted octanol–water partition coefficient (Wildman–Crippen LogP) is 2.23. The lowest BCUT2D eigenvalue weighted by Gasteiger charge is -2.10. The molecule has 0 spiro atoms. The van der Waals surface area contributed by atoms with Crippen LogP contribution < -0.4 is 15.6 Å². The zero-order chi connectivity index (χ0) is 20.0. The van der Waals surface area contributed by atoms with Gasteiger partial charge in [0.1, 0.15) is 5.75 Å². The molecule has 0 atom stereocenters. The van der Waals surface area contributed by atoms with Crippen molar-refractivity contribution in [3.8, 4) is 5.75 Å². The van der Waals surface area contributed by atoms with Gasteiger partial charge in [-0.1, -0.05) is 26.0 Å². The van der Waals surface area contributed by atoms with E-state index in [9.17, 15) is 9.59 Å². The number of carbonyl (C=O) groups excluding carboxylic acids is 2. The maximum absolute atomic E-state index is 12.2. The number of carbonyl (C=O) groups is 2. The Morgan fingerprint density at radius 2 is 1.85 bits per heavy atom. The first-order valence-corrected chi connectivity index (χ1v) is 9.06. The summed E-state index contributed by atoms with van der Waals surface area (Å²) in [5, 5.41) is 4.50. The maximum atomic E-state index is 12.2. The van der Waals surface area contributed by atoms with Gasteiger partial charge in [0, 0.05) is 17.8 Å². The van der Waals surface area contributed by atoms with Gasteiger partial charge in [-0.15, -0.1) is 0 Å². The van der Waals surface area contributed by atoms with E-state index in [2.05, 4.69) is 29.8 Å². The molecule has 0 aliphatic rings. The van der Waals surface area contributed by atoms with Crippen LogP contribution in [0.1, 0.15) is 36.4 Å². The van der Waals surface area contributed by atoms with Crippen molar-refractivity contribution in [2.75, 3.05) is 6.61 Å². The van der Waals surface area contributed by atoms with Gasteiger partial charge >= 0.3 is 0 Å². The van der Waals surface area contributed by atoms with Gasteiger partial charge in [-0.3, -0.25) is 25.1 Å². The molecule has 2 amide bonds. The van der Waals surface area contributed by atoms with E-state index in [0.717, 1.165) is 29.1 Å². The number of aryl methyl sites for hydroxylation is 2. The third-order valence-electron chi connectivity index (χ3n) is 4.11. The van der Waals surface area contributed by atoms with E-state index in [1.54, 1.807) is 6.07 Å². The number of hydrogen-bond acceptors (Lipinski definition) is 4. The van der Waals surface area contributed by atoms with Crippen molar-refractivity contribution in [1.29, 1.82) is 0 Å². The van der Waals surface area contributed by atoms with E-state index in [1.807, 2.05) is 43.7 Å². The minimum Gasteiger partial charge on any atom is -0.484 e. The number of benzene rings is 1. The Kier molecular flexibility index (Phi) is 6.98. The molecule has 2 N–H and O–H groups in total. The highest BCUT2D eigenvalue weighted by molar-refractivity contribution is 5.84. The zero-order valence-electron chi connectivity index (χ0n) is 16.6. The summed E-state index contributed by atoms with van der Waals surface area (Å²) in [7, 11) is 0. The minimum atomic E-state index is -0.422. The third-order valence-corrected chi connectivity index (χ3v) is 4.11. The Hall–Kier alpha value is -2.83.